The molecule has 1 aliphatic carbocycles. The van der Waals surface area contributed by atoms with Crippen molar-refractivity contribution in [3.05, 3.63) is 53.8 Å². The Morgan fingerprint density at radius 2 is 1.90 bits per heavy atom. The summed E-state index contributed by atoms with van der Waals surface area (Å²) in [6, 6.07) is 9.88. The van der Waals surface area contributed by atoms with E-state index in [1.54, 1.807) is 24.3 Å². The summed E-state index contributed by atoms with van der Waals surface area (Å²) in [6.45, 7) is 4.23. The average Bonchev–Trinajstić information content (AvgIpc) is 2.71. The van der Waals surface area contributed by atoms with Crippen molar-refractivity contribution in [3.63, 3.8) is 0 Å². The molecule has 0 aliphatic heterocycles. The minimum Gasteiger partial charge on any atom is -0.492 e. The molecule has 0 spiro atoms. The van der Waals surface area contributed by atoms with Crippen LogP contribution >= 0.6 is 0 Å². The summed E-state index contributed by atoms with van der Waals surface area (Å²) in [4.78, 5) is 12.6. The number of amides is 1. The van der Waals surface area contributed by atoms with Gasteiger partial charge >= 0.3 is 0 Å². The number of para-hydroxylation sites is 2. The minimum absolute atomic E-state index is 0.134. The molecule has 0 bridgehead atoms. The number of anilines is 1. The SMILES string of the molecule is CCOc1ccccc1NC(=O)c1cc(S(=O)(=O)N[C@H]2CCCC[C@H]2C)ccc1F. The third-order valence-corrected chi connectivity index (χ3v) is 6.83. The van der Waals surface area contributed by atoms with Crippen molar-refractivity contribution < 1.29 is 22.3 Å². The molecular formula is C22H27FN2O4S. The third-order valence-electron chi connectivity index (χ3n) is 5.35. The summed E-state index contributed by atoms with van der Waals surface area (Å²) in [5.41, 5.74) is 0.0343. The van der Waals surface area contributed by atoms with E-state index < -0.39 is 21.7 Å². The molecule has 6 nitrogen and oxygen atoms in total. The Bertz CT molecular complexity index is 1010. The van der Waals surface area contributed by atoms with Gasteiger partial charge in [0.05, 0.1) is 22.8 Å². The molecule has 2 aromatic rings. The van der Waals surface area contributed by atoms with Gasteiger partial charge in [0.2, 0.25) is 10.0 Å². The van der Waals surface area contributed by atoms with E-state index in [0.29, 0.717) is 18.0 Å². The fraction of sp³-hybridized carbons (Fsp3) is 0.409. The van der Waals surface area contributed by atoms with Crippen LogP contribution in [0.25, 0.3) is 0 Å². The molecule has 0 aromatic heterocycles. The lowest BCUT2D eigenvalue weighted by Gasteiger charge is -2.29. The molecule has 0 heterocycles. The van der Waals surface area contributed by atoms with Crippen molar-refractivity contribution in [2.24, 2.45) is 5.92 Å². The minimum atomic E-state index is -3.88. The lowest BCUT2D eigenvalue weighted by molar-refractivity contribution is 0.102. The standard InChI is InChI=1S/C22H27FN2O4S/c1-3-29-21-11-7-6-10-20(21)24-22(26)17-14-16(12-13-18(17)23)30(27,28)25-19-9-5-4-8-15(19)2/h6-7,10-15,19,25H,3-5,8-9H2,1-2H3,(H,24,26)/t15-,19+/m1/s1. The van der Waals surface area contributed by atoms with E-state index >= 15 is 0 Å². The van der Waals surface area contributed by atoms with E-state index in [1.807, 2.05) is 13.8 Å². The fourth-order valence-corrected chi connectivity index (χ4v) is 5.05. The van der Waals surface area contributed by atoms with E-state index in [9.17, 15) is 17.6 Å². The predicted molar refractivity (Wildman–Crippen MR) is 114 cm³/mol. The first-order valence-electron chi connectivity index (χ1n) is 10.2. The van der Waals surface area contributed by atoms with Gasteiger partial charge in [-0.15, -0.1) is 0 Å². The zero-order valence-corrected chi connectivity index (χ0v) is 18.0. The molecule has 1 amide bonds. The first kappa shape index (κ1) is 22.2. The number of halogens is 1. The van der Waals surface area contributed by atoms with Crippen LogP contribution in [0.3, 0.4) is 0 Å². The number of rotatable bonds is 7. The van der Waals surface area contributed by atoms with Crippen molar-refractivity contribution in [3.8, 4) is 5.75 Å². The zero-order valence-electron chi connectivity index (χ0n) is 17.2. The monoisotopic (exact) mass is 434 g/mol. The van der Waals surface area contributed by atoms with E-state index in [0.717, 1.165) is 37.8 Å². The van der Waals surface area contributed by atoms with Crippen LogP contribution in [-0.2, 0) is 10.0 Å². The maximum atomic E-state index is 14.4. The van der Waals surface area contributed by atoms with Crippen molar-refractivity contribution in [2.75, 3.05) is 11.9 Å². The highest BCUT2D eigenvalue weighted by Gasteiger charge is 2.28. The molecule has 1 aliphatic rings. The largest absolute Gasteiger partial charge is 0.492 e. The van der Waals surface area contributed by atoms with Gasteiger partial charge < -0.3 is 10.1 Å². The van der Waals surface area contributed by atoms with Crippen LogP contribution in [0.5, 0.6) is 5.75 Å². The Hall–Kier alpha value is -2.45. The average molecular weight is 435 g/mol. The molecule has 3 rings (SSSR count). The Morgan fingerprint density at radius 1 is 1.17 bits per heavy atom. The van der Waals surface area contributed by atoms with Crippen molar-refractivity contribution in [2.45, 2.75) is 50.5 Å². The lowest BCUT2D eigenvalue weighted by Crippen LogP contribution is -2.41. The Morgan fingerprint density at radius 3 is 2.63 bits per heavy atom. The highest BCUT2D eigenvalue weighted by atomic mass is 32.2. The smallest absolute Gasteiger partial charge is 0.258 e. The van der Waals surface area contributed by atoms with E-state index in [1.165, 1.54) is 6.07 Å². The number of sulfonamides is 1. The number of nitrogens with one attached hydrogen (secondary N) is 2. The second kappa shape index (κ2) is 9.57. The summed E-state index contributed by atoms with van der Waals surface area (Å²) in [5.74, 6) is -0.869. The summed E-state index contributed by atoms with van der Waals surface area (Å²) >= 11 is 0. The van der Waals surface area contributed by atoms with Gasteiger partial charge in [-0.1, -0.05) is 31.9 Å². The number of carbonyl (C=O) groups is 1. The van der Waals surface area contributed by atoms with Crippen LogP contribution in [0.1, 0.15) is 49.9 Å². The Labute approximate surface area is 176 Å². The Balaban J connectivity index is 1.83. The summed E-state index contributed by atoms with van der Waals surface area (Å²) < 4.78 is 48.2. The molecular weight excluding hydrogens is 407 g/mol. The summed E-state index contributed by atoms with van der Waals surface area (Å²) in [6.07, 6.45) is 3.78. The second-order valence-corrected chi connectivity index (χ2v) is 9.23. The maximum absolute atomic E-state index is 14.4. The maximum Gasteiger partial charge on any atom is 0.258 e. The molecule has 0 saturated heterocycles. The van der Waals surface area contributed by atoms with Crippen LogP contribution in [0.4, 0.5) is 10.1 Å². The number of benzene rings is 2. The molecule has 2 N–H and O–H groups in total. The van der Waals surface area contributed by atoms with Gasteiger partial charge in [0.15, 0.2) is 0 Å². The second-order valence-electron chi connectivity index (χ2n) is 7.51. The van der Waals surface area contributed by atoms with Gasteiger partial charge in [-0.2, -0.15) is 0 Å². The van der Waals surface area contributed by atoms with E-state index in [4.69, 9.17) is 4.74 Å². The fourth-order valence-electron chi connectivity index (χ4n) is 3.65. The van der Waals surface area contributed by atoms with Crippen molar-refractivity contribution in [1.82, 2.24) is 4.72 Å². The number of carbonyl (C=O) groups excluding carboxylic acids is 1. The first-order valence-corrected chi connectivity index (χ1v) is 11.6. The van der Waals surface area contributed by atoms with Crippen LogP contribution in [0, 0.1) is 11.7 Å². The van der Waals surface area contributed by atoms with E-state index in [2.05, 4.69) is 10.0 Å². The highest BCUT2D eigenvalue weighted by Crippen LogP contribution is 2.27. The molecule has 2 aromatic carbocycles. The summed E-state index contributed by atoms with van der Waals surface area (Å²) in [5, 5.41) is 2.60. The molecule has 0 unspecified atom stereocenters. The first-order chi connectivity index (χ1) is 14.3. The molecule has 0 radical (unpaired) electrons. The predicted octanol–water partition coefficient (Wildman–Crippen LogP) is 4.33. The van der Waals surface area contributed by atoms with Crippen molar-refractivity contribution in [1.29, 1.82) is 0 Å². The van der Waals surface area contributed by atoms with Crippen LogP contribution in [-0.4, -0.2) is 27.0 Å². The quantitative estimate of drug-likeness (QED) is 0.679. The molecule has 162 valence electrons. The van der Waals surface area contributed by atoms with Gasteiger partial charge in [0, 0.05) is 6.04 Å². The molecule has 30 heavy (non-hydrogen) atoms. The van der Waals surface area contributed by atoms with Crippen LogP contribution < -0.4 is 14.8 Å². The van der Waals surface area contributed by atoms with E-state index in [-0.39, 0.29) is 22.4 Å². The number of ether oxygens (including phenoxy) is 1. The van der Waals surface area contributed by atoms with Gasteiger partial charge in [0.1, 0.15) is 11.6 Å². The topological polar surface area (TPSA) is 84.5 Å². The van der Waals surface area contributed by atoms with Gasteiger partial charge in [-0.3, -0.25) is 4.79 Å². The molecule has 8 heteroatoms. The van der Waals surface area contributed by atoms with Gasteiger partial charge in [0.25, 0.3) is 5.91 Å². The lowest BCUT2D eigenvalue weighted by atomic mass is 9.87. The van der Waals surface area contributed by atoms with Crippen LogP contribution in [0.2, 0.25) is 0 Å². The highest BCUT2D eigenvalue weighted by molar-refractivity contribution is 7.89. The van der Waals surface area contributed by atoms with Gasteiger partial charge in [-0.05, 0) is 56.0 Å². The molecule has 1 fully saturated rings. The molecule has 1 saturated carbocycles. The Kier molecular flexibility index (Phi) is 7.10. The third kappa shape index (κ3) is 5.17. The number of hydrogen-bond donors (Lipinski definition) is 2. The zero-order chi connectivity index (χ0) is 21.7. The normalized spacial score (nSPS) is 19.3. The van der Waals surface area contributed by atoms with Gasteiger partial charge in [-0.25, -0.2) is 17.5 Å². The molecule has 2 atom stereocenters. The van der Waals surface area contributed by atoms with Crippen molar-refractivity contribution >= 4 is 21.6 Å². The van der Waals surface area contributed by atoms with Crippen LogP contribution in [0.15, 0.2) is 47.4 Å². The summed E-state index contributed by atoms with van der Waals surface area (Å²) in [7, 11) is -3.88. The number of hydrogen-bond acceptors (Lipinski definition) is 4.